The van der Waals surface area contributed by atoms with Crippen LogP contribution in [0.2, 0.25) is 0 Å². The van der Waals surface area contributed by atoms with Crippen LogP contribution in [0.25, 0.3) is 0 Å². The number of aryl methyl sites for hydroxylation is 1. The fourth-order valence-electron chi connectivity index (χ4n) is 3.38. The molecular weight excluding hydrogens is 420 g/mol. The molecule has 0 radical (unpaired) electrons. The van der Waals surface area contributed by atoms with Crippen molar-refractivity contribution >= 4 is 35.0 Å². The van der Waals surface area contributed by atoms with E-state index < -0.39 is 0 Å². The predicted octanol–water partition coefficient (Wildman–Crippen LogP) is 5.64. The Morgan fingerprint density at radius 2 is 1.53 bits per heavy atom. The lowest BCUT2D eigenvalue weighted by Gasteiger charge is -2.16. The molecule has 0 saturated heterocycles. The highest BCUT2D eigenvalue weighted by atomic mass is 32.2. The molecule has 3 aromatic rings. The smallest absolute Gasteiger partial charge is 0.283 e. The molecule has 0 spiro atoms. The van der Waals surface area contributed by atoms with Crippen LogP contribution in [0.4, 0.5) is 11.4 Å². The van der Waals surface area contributed by atoms with E-state index in [9.17, 15) is 9.59 Å². The molecule has 4 rings (SSSR count). The second kappa shape index (κ2) is 9.75. The number of ether oxygens (including phenoxy) is 1. The van der Waals surface area contributed by atoms with E-state index in [1.54, 1.807) is 24.3 Å². The van der Waals surface area contributed by atoms with Gasteiger partial charge in [-0.1, -0.05) is 49.0 Å². The van der Waals surface area contributed by atoms with Crippen molar-refractivity contribution in [2.75, 3.05) is 16.8 Å². The van der Waals surface area contributed by atoms with Crippen molar-refractivity contribution in [2.45, 2.75) is 25.2 Å². The molecule has 3 aromatic carbocycles. The molecular formula is C26H24N2O3S. The Labute approximate surface area is 192 Å². The van der Waals surface area contributed by atoms with Crippen molar-refractivity contribution in [1.82, 2.24) is 0 Å². The van der Waals surface area contributed by atoms with Crippen LogP contribution in [0.5, 0.6) is 5.75 Å². The van der Waals surface area contributed by atoms with E-state index in [1.807, 2.05) is 61.5 Å². The number of hydrogen-bond acceptors (Lipinski definition) is 5. The number of anilines is 2. The fraction of sp³-hybridized carbons (Fsp3) is 0.154. The number of carbonyl (C=O) groups excluding carboxylic acids is 2. The number of rotatable bonds is 8. The highest BCUT2D eigenvalue weighted by Gasteiger charge is 2.40. The average Bonchev–Trinajstić information content (AvgIpc) is 3.05. The molecule has 0 bridgehead atoms. The Morgan fingerprint density at radius 3 is 2.16 bits per heavy atom. The van der Waals surface area contributed by atoms with Gasteiger partial charge in [0.25, 0.3) is 11.8 Å². The van der Waals surface area contributed by atoms with E-state index in [0.29, 0.717) is 22.9 Å². The number of carbonyl (C=O) groups is 2. The van der Waals surface area contributed by atoms with E-state index >= 15 is 0 Å². The lowest BCUT2D eigenvalue weighted by Crippen LogP contribution is -2.32. The van der Waals surface area contributed by atoms with Gasteiger partial charge in [0, 0.05) is 10.6 Å². The molecule has 1 heterocycles. The minimum absolute atomic E-state index is 0.280. The number of benzene rings is 3. The van der Waals surface area contributed by atoms with Crippen molar-refractivity contribution < 1.29 is 14.3 Å². The second-order valence-electron chi connectivity index (χ2n) is 7.17. The molecule has 0 fully saturated rings. The Balaban J connectivity index is 1.68. The summed E-state index contributed by atoms with van der Waals surface area (Å²) < 4.78 is 5.48. The third kappa shape index (κ3) is 4.55. The van der Waals surface area contributed by atoms with Crippen molar-refractivity contribution in [3.05, 3.63) is 95.0 Å². The summed E-state index contributed by atoms with van der Waals surface area (Å²) in [6.07, 6.45) is 0.932. The summed E-state index contributed by atoms with van der Waals surface area (Å²) in [5.41, 5.74) is 2.75. The van der Waals surface area contributed by atoms with Gasteiger partial charge in [-0.3, -0.25) is 9.59 Å². The summed E-state index contributed by atoms with van der Waals surface area (Å²) in [6.45, 7) is 4.54. The van der Waals surface area contributed by atoms with Crippen LogP contribution in [-0.4, -0.2) is 18.4 Å². The second-order valence-corrected chi connectivity index (χ2v) is 8.25. The zero-order chi connectivity index (χ0) is 22.5. The minimum Gasteiger partial charge on any atom is -0.494 e. The van der Waals surface area contributed by atoms with Gasteiger partial charge in [0.05, 0.1) is 12.3 Å². The molecule has 0 saturated carbocycles. The summed E-state index contributed by atoms with van der Waals surface area (Å²) in [5.74, 6) is -0.0330. The Kier molecular flexibility index (Phi) is 6.61. The van der Waals surface area contributed by atoms with Gasteiger partial charge in [0.2, 0.25) is 0 Å². The predicted molar refractivity (Wildman–Crippen MR) is 129 cm³/mol. The topological polar surface area (TPSA) is 58.6 Å². The minimum atomic E-state index is -0.378. The quantitative estimate of drug-likeness (QED) is 0.456. The summed E-state index contributed by atoms with van der Waals surface area (Å²) in [6, 6.07) is 24.4. The molecule has 6 heteroatoms. The average molecular weight is 445 g/mol. The van der Waals surface area contributed by atoms with E-state index in [4.69, 9.17) is 4.74 Å². The summed E-state index contributed by atoms with van der Waals surface area (Å²) >= 11 is 1.29. The van der Waals surface area contributed by atoms with Crippen LogP contribution in [0.15, 0.2) is 94.4 Å². The molecule has 32 heavy (non-hydrogen) atoms. The van der Waals surface area contributed by atoms with Gasteiger partial charge in [0.15, 0.2) is 0 Å². The van der Waals surface area contributed by atoms with Gasteiger partial charge < -0.3 is 10.1 Å². The Hall–Kier alpha value is -3.51. The standard InChI is InChI=1S/C26H24N2O3S/c1-3-18-10-12-19(13-11-18)27-23-24(32-22-8-6-5-7-9-22)26(30)28(25(23)29)20-14-16-21(17-15-20)31-4-2/h5-17,27H,3-4H2,1-2H3. The van der Waals surface area contributed by atoms with Crippen LogP contribution in [0.3, 0.4) is 0 Å². The van der Waals surface area contributed by atoms with Crippen molar-refractivity contribution in [3.8, 4) is 5.75 Å². The van der Waals surface area contributed by atoms with E-state index in [2.05, 4.69) is 12.2 Å². The molecule has 0 atom stereocenters. The SMILES string of the molecule is CCOc1ccc(N2C(=O)C(Nc3ccc(CC)cc3)=C(Sc3ccccc3)C2=O)cc1. The van der Waals surface area contributed by atoms with Gasteiger partial charge in [-0.25, -0.2) is 4.90 Å². The Bertz CT molecular complexity index is 1140. The molecule has 162 valence electrons. The van der Waals surface area contributed by atoms with Crippen LogP contribution >= 0.6 is 11.8 Å². The van der Waals surface area contributed by atoms with Gasteiger partial charge >= 0.3 is 0 Å². The number of imide groups is 1. The zero-order valence-corrected chi connectivity index (χ0v) is 18.8. The van der Waals surface area contributed by atoms with Gasteiger partial charge in [-0.15, -0.1) is 0 Å². The van der Waals surface area contributed by atoms with Crippen molar-refractivity contribution in [3.63, 3.8) is 0 Å². The van der Waals surface area contributed by atoms with E-state index in [-0.39, 0.29) is 17.5 Å². The lowest BCUT2D eigenvalue weighted by atomic mass is 10.1. The fourth-order valence-corrected chi connectivity index (χ4v) is 4.33. The summed E-state index contributed by atoms with van der Waals surface area (Å²) in [4.78, 5) is 29.3. The van der Waals surface area contributed by atoms with E-state index in [0.717, 1.165) is 17.0 Å². The van der Waals surface area contributed by atoms with Crippen molar-refractivity contribution in [2.24, 2.45) is 0 Å². The maximum atomic E-state index is 13.4. The van der Waals surface area contributed by atoms with Crippen LogP contribution in [0, 0.1) is 0 Å². The number of amides is 2. The largest absolute Gasteiger partial charge is 0.494 e. The van der Waals surface area contributed by atoms with Gasteiger partial charge in [-0.05, 0) is 67.4 Å². The number of nitrogens with one attached hydrogen (secondary N) is 1. The summed E-state index contributed by atoms with van der Waals surface area (Å²) in [5, 5.41) is 3.20. The van der Waals surface area contributed by atoms with Crippen LogP contribution < -0.4 is 15.0 Å². The molecule has 1 aliphatic heterocycles. The number of hydrogen-bond donors (Lipinski definition) is 1. The van der Waals surface area contributed by atoms with Crippen LogP contribution in [0.1, 0.15) is 19.4 Å². The van der Waals surface area contributed by atoms with E-state index in [1.165, 1.54) is 22.2 Å². The number of nitrogens with zero attached hydrogens (tertiary/aromatic N) is 1. The third-order valence-electron chi connectivity index (χ3n) is 5.04. The van der Waals surface area contributed by atoms with Gasteiger partial charge in [-0.2, -0.15) is 0 Å². The van der Waals surface area contributed by atoms with Gasteiger partial charge in [0.1, 0.15) is 16.4 Å². The first-order chi connectivity index (χ1) is 15.6. The highest BCUT2D eigenvalue weighted by Crippen LogP contribution is 2.38. The first-order valence-corrected chi connectivity index (χ1v) is 11.4. The summed E-state index contributed by atoms with van der Waals surface area (Å²) in [7, 11) is 0. The Morgan fingerprint density at radius 1 is 0.844 bits per heavy atom. The zero-order valence-electron chi connectivity index (χ0n) is 18.0. The molecule has 0 aromatic heterocycles. The monoisotopic (exact) mass is 444 g/mol. The van der Waals surface area contributed by atoms with Crippen LogP contribution in [-0.2, 0) is 16.0 Å². The first-order valence-electron chi connectivity index (χ1n) is 10.6. The normalized spacial score (nSPS) is 13.6. The number of thioether (sulfide) groups is 1. The first kappa shape index (κ1) is 21.7. The third-order valence-corrected chi connectivity index (χ3v) is 6.13. The lowest BCUT2D eigenvalue weighted by molar-refractivity contribution is -0.120. The molecule has 1 aliphatic rings. The highest BCUT2D eigenvalue weighted by molar-refractivity contribution is 8.04. The molecule has 2 amide bonds. The molecule has 0 unspecified atom stereocenters. The molecule has 0 aliphatic carbocycles. The molecule has 1 N–H and O–H groups in total. The molecule has 5 nitrogen and oxygen atoms in total. The maximum Gasteiger partial charge on any atom is 0.283 e. The van der Waals surface area contributed by atoms with Crippen molar-refractivity contribution in [1.29, 1.82) is 0 Å². The maximum absolute atomic E-state index is 13.4.